The Morgan fingerprint density at radius 3 is 2.13 bits per heavy atom. The SMILES string of the molecule is CC[C@@H](C(=O)NCC(C)C)N(Cc1ccc(Cl)cc1)C(=O)CN(c1ccccc1)S(=O)(=O)c1ccc(F)cc1. The van der Waals surface area contributed by atoms with E-state index in [1.54, 1.807) is 61.5 Å². The van der Waals surface area contributed by atoms with Crippen LogP contribution < -0.4 is 9.62 Å². The summed E-state index contributed by atoms with van der Waals surface area (Å²) in [5.74, 6) is -1.25. The summed E-state index contributed by atoms with van der Waals surface area (Å²) in [6, 6.07) is 18.7. The second-order valence-corrected chi connectivity index (χ2v) is 11.8. The van der Waals surface area contributed by atoms with E-state index >= 15 is 0 Å². The third-order valence-electron chi connectivity index (χ3n) is 6.06. The lowest BCUT2D eigenvalue weighted by atomic mass is 10.1. The fourth-order valence-corrected chi connectivity index (χ4v) is 5.53. The second kappa shape index (κ2) is 13.6. The van der Waals surface area contributed by atoms with Gasteiger partial charge >= 0.3 is 0 Å². The number of nitrogens with one attached hydrogen (secondary N) is 1. The van der Waals surface area contributed by atoms with Gasteiger partial charge in [0.15, 0.2) is 0 Å². The van der Waals surface area contributed by atoms with Crippen LogP contribution in [0.2, 0.25) is 5.02 Å². The molecule has 0 radical (unpaired) electrons. The Hall–Kier alpha value is -3.43. The van der Waals surface area contributed by atoms with Crippen LogP contribution in [-0.2, 0) is 26.2 Å². The molecule has 0 saturated carbocycles. The molecule has 2 amide bonds. The largest absolute Gasteiger partial charge is 0.354 e. The van der Waals surface area contributed by atoms with Crippen LogP contribution >= 0.6 is 11.6 Å². The molecule has 0 aliphatic heterocycles. The van der Waals surface area contributed by atoms with Gasteiger partial charge in [-0.3, -0.25) is 13.9 Å². The average molecular weight is 574 g/mol. The zero-order valence-corrected chi connectivity index (χ0v) is 23.8. The highest BCUT2D eigenvalue weighted by Crippen LogP contribution is 2.25. The van der Waals surface area contributed by atoms with Crippen molar-refractivity contribution in [1.82, 2.24) is 10.2 Å². The lowest BCUT2D eigenvalue weighted by molar-refractivity contribution is -0.140. The molecule has 7 nitrogen and oxygen atoms in total. The molecule has 0 aliphatic rings. The smallest absolute Gasteiger partial charge is 0.264 e. The lowest BCUT2D eigenvalue weighted by Gasteiger charge is -2.33. The summed E-state index contributed by atoms with van der Waals surface area (Å²) in [4.78, 5) is 28.3. The first kappa shape index (κ1) is 30.1. The molecule has 0 saturated heterocycles. The number of carbonyl (C=O) groups excluding carboxylic acids is 2. The number of sulfonamides is 1. The topological polar surface area (TPSA) is 86.8 Å². The van der Waals surface area contributed by atoms with Crippen LogP contribution in [0.1, 0.15) is 32.8 Å². The first-order valence-electron chi connectivity index (χ1n) is 12.7. The maximum absolute atomic E-state index is 13.9. The first-order chi connectivity index (χ1) is 18.5. The fraction of sp³-hybridized carbons (Fsp3) is 0.310. The summed E-state index contributed by atoms with van der Waals surface area (Å²) < 4.78 is 41.9. The zero-order valence-electron chi connectivity index (χ0n) is 22.2. The summed E-state index contributed by atoms with van der Waals surface area (Å²) in [5, 5.41) is 3.42. The van der Waals surface area contributed by atoms with E-state index in [2.05, 4.69) is 5.32 Å². The molecule has 0 bridgehead atoms. The van der Waals surface area contributed by atoms with E-state index in [0.717, 1.165) is 34.1 Å². The summed E-state index contributed by atoms with van der Waals surface area (Å²) in [6.45, 7) is 5.68. The molecule has 3 rings (SSSR count). The number of carbonyl (C=O) groups is 2. The van der Waals surface area contributed by atoms with E-state index in [1.807, 2.05) is 13.8 Å². The number of anilines is 1. The molecule has 0 heterocycles. The van der Waals surface area contributed by atoms with Crippen LogP contribution in [-0.4, -0.2) is 44.3 Å². The van der Waals surface area contributed by atoms with Crippen molar-refractivity contribution in [3.05, 3.63) is 95.3 Å². The Morgan fingerprint density at radius 2 is 1.56 bits per heavy atom. The average Bonchev–Trinajstić information content (AvgIpc) is 2.92. The number of halogens is 2. The molecule has 3 aromatic rings. The van der Waals surface area contributed by atoms with E-state index in [0.29, 0.717) is 18.0 Å². The van der Waals surface area contributed by atoms with Crippen LogP contribution in [0, 0.1) is 11.7 Å². The summed E-state index contributed by atoms with van der Waals surface area (Å²) in [6.07, 6.45) is 0.319. The Bertz CT molecular complexity index is 1350. The van der Waals surface area contributed by atoms with Crippen LogP contribution in [0.5, 0.6) is 0 Å². The van der Waals surface area contributed by atoms with Gasteiger partial charge in [-0.05, 0) is 66.4 Å². The van der Waals surface area contributed by atoms with Crippen molar-refractivity contribution in [2.75, 3.05) is 17.4 Å². The molecule has 0 fully saturated rings. The van der Waals surface area contributed by atoms with Crippen molar-refractivity contribution in [2.45, 2.75) is 44.7 Å². The highest BCUT2D eigenvalue weighted by atomic mass is 35.5. The summed E-state index contributed by atoms with van der Waals surface area (Å²) in [5.41, 5.74) is 0.995. The standard InChI is InChI=1S/C29H33ClFN3O4S/c1-4-27(29(36)32-18-21(2)3)33(19-22-10-12-23(30)13-11-22)28(35)20-34(25-8-6-5-7-9-25)39(37,38)26-16-14-24(31)15-17-26/h5-17,21,27H,4,18-20H2,1-3H3,(H,32,36)/t27-/m0/s1. The van der Waals surface area contributed by atoms with Gasteiger partial charge in [-0.2, -0.15) is 0 Å². The molecule has 208 valence electrons. The second-order valence-electron chi connectivity index (χ2n) is 9.51. The fourth-order valence-electron chi connectivity index (χ4n) is 3.99. The van der Waals surface area contributed by atoms with Crippen molar-refractivity contribution < 1.29 is 22.4 Å². The van der Waals surface area contributed by atoms with Crippen LogP contribution in [0.3, 0.4) is 0 Å². The molecule has 0 unspecified atom stereocenters. The Morgan fingerprint density at radius 1 is 0.949 bits per heavy atom. The third kappa shape index (κ3) is 8.03. The molecular weight excluding hydrogens is 541 g/mol. The number of benzene rings is 3. The molecule has 10 heteroatoms. The number of amides is 2. The summed E-state index contributed by atoms with van der Waals surface area (Å²) in [7, 11) is -4.25. The molecule has 3 aromatic carbocycles. The van der Waals surface area contributed by atoms with Gasteiger partial charge in [-0.25, -0.2) is 12.8 Å². The van der Waals surface area contributed by atoms with E-state index in [1.165, 1.54) is 4.90 Å². The number of nitrogens with zero attached hydrogens (tertiary/aromatic N) is 2. The first-order valence-corrected chi connectivity index (χ1v) is 14.5. The zero-order chi connectivity index (χ0) is 28.6. The van der Waals surface area contributed by atoms with Gasteiger partial charge in [0.05, 0.1) is 10.6 Å². The monoisotopic (exact) mass is 573 g/mol. The number of rotatable bonds is 12. The van der Waals surface area contributed by atoms with Crippen molar-refractivity contribution in [1.29, 1.82) is 0 Å². The minimum Gasteiger partial charge on any atom is -0.354 e. The highest BCUT2D eigenvalue weighted by Gasteiger charge is 2.33. The maximum atomic E-state index is 13.9. The van der Waals surface area contributed by atoms with Gasteiger partial charge in [0.25, 0.3) is 10.0 Å². The van der Waals surface area contributed by atoms with Gasteiger partial charge in [-0.1, -0.05) is 62.7 Å². The van der Waals surface area contributed by atoms with E-state index < -0.39 is 34.3 Å². The normalized spacial score (nSPS) is 12.2. The van der Waals surface area contributed by atoms with E-state index in [-0.39, 0.29) is 29.0 Å². The van der Waals surface area contributed by atoms with Gasteiger partial charge in [-0.15, -0.1) is 0 Å². The van der Waals surface area contributed by atoms with Crippen LogP contribution in [0.15, 0.2) is 83.8 Å². The molecular formula is C29H33ClFN3O4S. The van der Waals surface area contributed by atoms with Gasteiger partial charge in [0.2, 0.25) is 11.8 Å². The number of para-hydroxylation sites is 1. The van der Waals surface area contributed by atoms with Gasteiger partial charge in [0.1, 0.15) is 18.4 Å². The van der Waals surface area contributed by atoms with Crippen molar-refractivity contribution in [3.8, 4) is 0 Å². The quantitative estimate of drug-likeness (QED) is 0.320. The van der Waals surface area contributed by atoms with Gasteiger partial charge in [0, 0.05) is 18.1 Å². The van der Waals surface area contributed by atoms with Crippen LogP contribution in [0.25, 0.3) is 0 Å². The molecule has 39 heavy (non-hydrogen) atoms. The Labute approximate surface area is 234 Å². The molecule has 0 aliphatic carbocycles. The Balaban J connectivity index is 2.01. The van der Waals surface area contributed by atoms with Crippen molar-refractivity contribution in [2.24, 2.45) is 5.92 Å². The molecule has 0 aromatic heterocycles. The van der Waals surface area contributed by atoms with Crippen molar-refractivity contribution in [3.63, 3.8) is 0 Å². The lowest BCUT2D eigenvalue weighted by Crippen LogP contribution is -2.52. The summed E-state index contributed by atoms with van der Waals surface area (Å²) >= 11 is 6.04. The van der Waals surface area contributed by atoms with Crippen LogP contribution in [0.4, 0.5) is 10.1 Å². The predicted octanol–water partition coefficient (Wildman–Crippen LogP) is 5.25. The number of hydrogen-bond donors (Lipinski definition) is 1. The van der Waals surface area contributed by atoms with E-state index in [4.69, 9.17) is 11.6 Å². The minimum absolute atomic E-state index is 0.0723. The molecule has 1 atom stereocenters. The van der Waals surface area contributed by atoms with E-state index in [9.17, 15) is 22.4 Å². The minimum atomic E-state index is -4.25. The maximum Gasteiger partial charge on any atom is 0.264 e. The molecule has 1 N–H and O–H groups in total. The highest BCUT2D eigenvalue weighted by molar-refractivity contribution is 7.92. The Kier molecular flexibility index (Phi) is 10.5. The van der Waals surface area contributed by atoms with Crippen molar-refractivity contribution >= 4 is 39.1 Å². The third-order valence-corrected chi connectivity index (χ3v) is 8.10. The van der Waals surface area contributed by atoms with Gasteiger partial charge < -0.3 is 10.2 Å². The molecule has 0 spiro atoms. The number of hydrogen-bond acceptors (Lipinski definition) is 4. The predicted molar refractivity (Wildman–Crippen MR) is 151 cm³/mol.